The second kappa shape index (κ2) is 4.70. The molecule has 0 fully saturated rings. The molecule has 0 aromatic carbocycles. The molecule has 76 valence electrons. The number of thiophene rings is 1. The van der Waals surface area contributed by atoms with Gasteiger partial charge >= 0.3 is 0 Å². The molecule has 0 aliphatic heterocycles. The fourth-order valence-electron chi connectivity index (χ4n) is 0.973. The molecular weight excluding hydrogens is 266 g/mol. The van der Waals surface area contributed by atoms with Gasteiger partial charge < -0.3 is 0 Å². The SMILES string of the molecule is CC(C)/C(=C/c1sccc1Br)[N+](=O)[O-]. The molecule has 3 nitrogen and oxygen atoms in total. The van der Waals surface area contributed by atoms with Crippen LogP contribution in [0.25, 0.3) is 6.08 Å². The molecule has 14 heavy (non-hydrogen) atoms. The molecule has 0 atom stereocenters. The van der Waals surface area contributed by atoms with Crippen LogP contribution in [-0.2, 0) is 0 Å². The van der Waals surface area contributed by atoms with E-state index in [-0.39, 0.29) is 16.5 Å². The van der Waals surface area contributed by atoms with Gasteiger partial charge in [0.15, 0.2) is 0 Å². The first-order valence-corrected chi connectivity index (χ1v) is 5.78. The topological polar surface area (TPSA) is 43.1 Å². The quantitative estimate of drug-likeness (QED) is 0.622. The predicted octanol–water partition coefficient (Wildman–Crippen LogP) is 3.78. The normalized spacial score (nSPS) is 12.1. The molecule has 0 radical (unpaired) electrons. The summed E-state index contributed by atoms with van der Waals surface area (Å²) in [7, 11) is 0. The molecule has 0 spiro atoms. The molecule has 0 N–H and O–H groups in total. The highest BCUT2D eigenvalue weighted by atomic mass is 79.9. The van der Waals surface area contributed by atoms with Crippen molar-refractivity contribution in [1.29, 1.82) is 0 Å². The van der Waals surface area contributed by atoms with Crippen LogP contribution in [0.2, 0.25) is 0 Å². The lowest BCUT2D eigenvalue weighted by Gasteiger charge is -2.00. The molecule has 0 saturated carbocycles. The molecule has 1 aromatic heterocycles. The summed E-state index contributed by atoms with van der Waals surface area (Å²) in [6.45, 7) is 3.63. The molecule has 0 unspecified atom stereocenters. The number of rotatable bonds is 3. The summed E-state index contributed by atoms with van der Waals surface area (Å²) in [5.74, 6) is -0.0704. The lowest BCUT2D eigenvalue weighted by molar-refractivity contribution is -0.431. The first-order valence-electron chi connectivity index (χ1n) is 4.11. The third-order valence-corrected chi connectivity index (χ3v) is 3.54. The second-order valence-electron chi connectivity index (χ2n) is 3.11. The van der Waals surface area contributed by atoms with Crippen molar-refractivity contribution in [3.05, 3.63) is 36.6 Å². The van der Waals surface area contributed by atoms with E-state index in [0.29, 0.717) is 0 Å². The van der Waals surface area contributed by atoms with Gasteiger partial charge in [-0.05, 0) is 27.4 Å². The van der Waals surface area contributed by atoms with E-state index < -0.39 is 0 Å². The smallest absolute Gasteiger partial charge is 0.250 e. The van der Waals surface area contributed by atoms with E-state index in [2.05, 4.69) is 15.9 Å². The van der Waals surface area contributed by atoms with E-state index in [4.69, 9.17) is 0 Å². The third kappa shape index (κ3) is 2.65. The zero-order valence-corrected chi connectivity index (χ0v) is 10.3. The zero-order chi connectivity index (χ0) is 10.7. The summed E-state index contributed by atoms with van der Waals surface area (Å²) in [5.41, 5.74) is 0.244. The van der Waals surface area contributed by atoms with Gasteiger partial charge in [0, 0.05) is 21.3 Å². The van der Waals surface area contributed by atoms with Gasteiger partial charge in [0.25, 0.3) is 0 Å². The number of allylic oxidation sites excluding steroid dienone is 1. The Morgan fingerprint density at radius 3 is 2.71 bits per heavy atom. The Bertz CT molecular complexity index is 371. The largest absolute Gasteiger partial charge is 0.259 e. The third-order valence-electron chi connectivity index (χ3n) is 1.73. The van der Waals surface area contributed by atoms with Crippen molar-refractivity contribution < 1.29 is 4.92 Å². The minimum absolute atomic E-state index is 0.0704. The van der Waals surface area contributed by atoms with Crippen LogP contribution in [0.5, 0.6) is 0 Å². The number of halogens is 1. The molecule has 5 heteroatoms. The minimum atomic E-state index is -0.323. The van der Waals surface area contributed by atoms with Crippen LogP contribution in [-0.4, -0.2) is 4.92 Å². The lowest BCUT2D eigenvalue weighted by atomic mass is 10.1. The maximum absolute atomic E-state index is 10.7. The number of nitro groups is 1. The van der Waals surface area contributed by atoms with E-state index in [1.54, 1.807) is 6.08 Å². The average Bonchev–Trinajstić information content (AvgIpc) is 2.46. The van der Waals surface area contributed by atoms with Gasteiger partial charge in [0.1, 0.15) is 0 Å². The first kappa shape index (κ1) is 11.4. The Kier molecular flexibility index (Phi) is 3.83. The molecule has 1 rings (SSSR count). The summed E-state index contributed by atoms with van der Waals surface area (Å²) < 4.78 is 0.905. The summed E-state index contributed by atoms with van der Waals surface area (Å²) in [5, 5.41) is 12.6. The molecule has 1 heterocycles. The minimum Gasteiger partial charge on any atom is -0.259 e. The summed E-state index contributed by atoms with van der Waals surface area (Å²) in [6, 6.07) is 1.88. The highest BCUT2D eigenvalue weighted by molar-refractivity contribution is 9.10. The van der Waals surface area contributed by atoms with Crippen molar-refractivity contribution in [2.24, 2.45) is 5.92 Å². The van der Waals surface area contributed by atoms with Gasteiger partial charge in [-0.15, -0.1) is 11.3 Å². The van der Waals surface area contributed by atoms with Gasteiger partial charge in [-0.25, -0.2) is 0 Å². The monoisotopic (exact) mass is 275 g/mol. The van der Waals surface area contributed by atoms with Crippen LogP contribution >= 0.6 is 27.3 Å². The fraction of sp³-hybridized carbons (Fsp3) is 0.333. The molecule has 1 aromatic rings. The summed E-state index contributed by atoms with van der Waals surface area (Å²) in [4.78, 5) is 11.3. The molecular formula is C9H10BrNO2S. The molecule has 0 saturated heterocycles. The number of hydrogen-bond acceptors (Lipinski definition) is 3. The Morgan fingerprint density at radius 2 is 2.36 bits per heavy atom. The van der Waals surface area contributed by atoms with Crippen molar-refractivity contribution in [2.75, 3.05) is 0 Å². The van der Waals surface area contributed by atoms with Gasteiger partial charge in [-0.1, -0.05) is 13.8 Å². The van der Waals surface area contributed by atoms with E-state index in [1.165, 1.54) is 11.3 Å². The van der Waals surface area contributed by atoms with Gasteiger partial charge in [0.2, 0.25) is 5.70 Å². The average molecular weight is 276 g/mol. The van der Waals surface area contributed by atoms with Crippen molar-refractivity contribution in [2.45, 2.75) is 13.8 Å². The van der Waals surface area contributed by atoms with Gasteiger partial charge in [0.05, 0.1) is 4.92 Å². The Balaban J connectivity index is 3.06. The summed E-state index contributed by atoms with van der Waals surface area (Å²) >= 11 is 4.82. The number of nitrogens with zero attached hydrogens (tertiary/aromatic N) is 1. The van der Waals surface area contributed by atoms with Crippen LogP contribution in [0.4, 0.5) is 0 Å². The van der Waals surface area contributed by atoms with Crippen LogP contribution in [0.1, 0.15) is 18.7 Å². The molecule has 0 aliphatic carbocycles. The Hall–Kier alpha value is -0.680. The number of hydrogen-bond donors (Lipinski definition) is 0. The van der Waals surface area contributed by atoms with Crippen LogP contribution in [0, 0.1) is 16.0 Å². The van der Waals surface area contributed by atoms with Crippen LogP contribution in [0.3, 0.4) is 0 Å². The van der Waals surface area contributed by atoms with Crippen molar-refractivity contribution in [1.82, 2.24) is 0 Å². The summed E-state index contributed by atoms with van der Waals surface area (Å²) in [6.07, 6.45) is 1.62. The fourth-order valence-corrected chi connectivity index (χ4v) is 2.40. The lowest BCUT2D eigenvalue weighted by Crippen LogP contribution is -2.04. The maximum atomic E-state index is 10.7. The van der Waals surface area contributed by atoms with Crippen LogP contribution < -0.4 is 0 Å². The molecule has 0 bridgehead atoms. The maximum Gasteiger partial charge on any atom is 0.250 e. The van der Waals surface area contributed by atoms with Crippen molar-refractivity contribution >= 4 is 33.3 Å². The van der Waals surface area contributed by atoms with E-state index in [0.717, 1.165) is 9.35 Å². The second-order valence-corrected chi connectivity index (χ2v) is 4.92. The van der Waals surface area contributed by atoms with Crippen molar-refractivity contribution in [3.8, 4) is 0 Å². The predicted molar refractivity (Wildman–Crippen MR) is 61.8 cm³/mol. The highest BCUT2D eigenvalue weighted by Crippen LogP contribution is 2.26. The van der Waals surface area contributed by atoms with E-state index in [1.807, 2.05) is 25.3 Å². The van der Waals surface area contributed by atoms with Crippen LogP contribution in [0.15, 0.2) is 21.6 Å². The van der Waals surface area contributed by atoms with E-state index in [9.17, 15) is 10.1 Å². The Morgan fingerprint density at radius 1 is 1.71 bits per heavy atom. The van der Waals surface area contributed by atoms with Gasteiger partial charge in [-0.2, -0.15) is 0 Å². The van der Waals surface area contributed by atoms with Crippen molar-refractivity contribution in [3.63, 3.8) is 0 Å². The van der Waals surface area contributed by atoms with E-state index >= 15 is 0 Å². The van der Waals surface area contributed by atoms with Gasteiger partial charge in [-0.3, -0.25) is 10.1 Å². The molecule has 0 amide bonds. The standard InChI is InChI=1S/C9H10BrNO2S/c1-6(2)8(11(12)13)5-9-7(10)3-4-14-9/h3-6H,1-2H3/b8-5-. The Labute approximate surface area is 94.7 Å². The zero-order valence-electron chi connectivity index (χ0n) is 7.86. The first-order chi connectivity index (χ1) is 6.52. The molecule has 0 aliphatic rings. The highest BCUT2D eigenvalue weighted by Gasteiger charge is 2.16.